The molecule has 3 aromatic rings. The second-order valence-electron chi connectivity index (χ2n) is 8.53. The van der Waals surface area contributed by atoms with Gasteiger partial charge in [0.15, 0.2) is 0 Å². The maximum Gasteiger partial charge on any atom is 0.410 e. The summed E-state index contributed by atoms with van der Waals surface area (Å²) >= 11 is 6.19. The number of likely N-dealkylation sites (tertiary alicyclic amines) is 1. The minimum atomic E-state index is -1.25. The third kappa shape index (κ3) is 3.73. The molecule has 1 aromatic heterocycles. The Morgan fingerprint density at radius 3 is 2.48 bits per heavy atom. The number of aromatic hydroxyl groups is 1. The number of fused-ring (bicyclic) bond motifs is 3. The molecule has 1 fully saturated rings. The molecule has 1 saturated heterocycles. The minimum absolute atomic E-state index is 0.0214. The van der Waals surface area contributed by atoms with Crippen LogP contribution >= 0.6 is 11.6 Å². The SMILES string of the molecule is CC(C)(C)OC(=O)N1CCC(n2c3ccc(O)cc3c3cc(Cl)ccc32)C(F)C1. The highest BCUT2D eigenvalue weighted by molar-refractivity contribution is 6.31. The van der Waals surface area contributed by atoms with Crippen LogP contribution in [-0.2, 0) is 4.74 Å². The minimum Gasteiger partial charge on any atom is -0.508 e. The molecule has 29 heavy (non-hydrogen) atoms. The lowest BCUT2D eigenvalue weighted by Gasteiger charge is -2.36. The van der Waals surface area contributed by atoms with Gasteiger partial charge < -0.3 is 19.3 Å². The summed E-state index contributed by atoms with van der Waals surface area (Å²) in [6.45, 7) is 5.77. The number of aromatic nitrogens is 1. The van der Waals surface area contributed by atoms with Crippen LogP contribution in [0.2, 0.25) is 5.02 Å². The van der Waals surface area contributed by atoms with Crippen LogP contribution in [0.4, 0.5) is 9.18 Å². The van der Waals surface area contributed by atoms with Crippen molar-refractivity contribution < 1.29 is 19.0 Å². The van der Waals surface area contributed by atoms with Crippen molar-refractivity contribution in [2.45, 2.75) is 45.0 Å². The number of piperidine rings is 1. The van der Waals surface area contributed by atoms with Gasteiger partial charge in [-0.2, -0.15) is 0 Å². The monoisotopic (exact) mass is 418 g/mol. The molecule has 0 spiro atoms. The summed E-state index contributed by atoms with van der Waals surface area (Å²) in [6.07, 6.45) is -1.28. The molecule has 1 N–H and O–H groups in total. The number of hydrogen-bond acceptors (Lipinski definition) is 3. The van der Waals surface area contributed by atoms with Crippen molar-refractivity contribution in [3.8, 4) is 5.75 Å². The van der Waals surface area contributed by atoms with Crippen molar-refractivity contribution in [1.82, 2.24) is 9.47 Å². The first kappa shape index (κ1) is 19.8. The Morgan fingerprint density at radius 2 is 1.83 bits per heavy atom. The highest BCUT2D eigenvalue weighted by atomic mass is 35.5. The lowest BCUT2D eigenvalue weighted by atomic mass is 10.0. The zero-order valence-electron chi connectivity index (χ0n) is 16.7. The highest BCUT2D eigenvalue weighted by Crippen LogP contribution is 2.39. The van der Waals surface area contributed by atoms with Gasteiger partial charge in [-0.15, -0.1) is 0 Å². The number of halogens is 2. The van der Waals surface area contributed by atoms with Crippen molar-refractivity contribution in [3.63, 3.8) is 0 Å². The average Bonchev–Trinajstić information content (AvgIpc) is 2.93. The molecular formula is C22H24ClFN2O3. The molecule has 2 atom stereocenters. The number of benzene rings is 2. The molecule has 154 valence electrons. The molecule has 0 aliphatic carbocycles. The van der Waals surface area contributed by atoms with E-state index >= 15 is 4.39 Å². The van der Waals surface area contributed by atoms with E-state index in [0.717, 1.165) is 21.8 Å². The number of rotatable bonds is 1. The van der Waals surface area contributed by atoms with Crippen molar-refractivity contribution in [1.29, 1.82) is 0 Å². The Balaban J connectivity index is 1.71. The molecule has 1 aliphatic heterocycles. The van der Waals surface area contributed by atoms with Gasteiger partial charge in [0, 0.05) is 33.4 Å². The Morgan fingerprint density at radius 1 is 1.17 bits per heavy atom. The summed E-state index contributed by atoms with van der Waals surface area (Å²) in [4.78, 5) is 13.8. The Hall–Kier alpha value is -2.47. The average molecular weight is 419 g/mol. The topological polar surface area (TPSA) is 54.7 Å². The van der Waals surface area contributed by atoms with Gasteiger partial charge in [-0.3, -0.25) is 0 Å². The maximum absolute atomic E-state index is 15.3. The summed E-state index contributed by atoms with van der Waals surface area (Å²) in [5.41, 5.74) is 1.07. The molecular weight excluding hydrogens is 395 g/mol. The van der Waals surface area contributed by atoms with Gasteiger partial charge in [-0.25, -0.2) is 9.18 Å². The molecule has 0 bridgehead atoms. The van der Waals surface area contributed by atoms with Crippen LogP contribution in [-0.4, -0.2) is 45.5 Å². The second kappa shape index (κ2) is 7.10. The fraction of sp³-hybridized carbons (Fsp3) is 0.409. The quantitative estimate of drug-likeness (QED) is 0.553. The van der Waals surface area contributed by atoms with Crippen LogP contribution < -0.4 is 0 Å². The molecule has 4 rings (SSSR count). The Kier molecular flexibility index (Phi) is 4.85. The van der Waals surface area contributed by atoms with Crippen LogP contribution in [0.1, 0.15) is 33.2 Å². The smallest absolute Gasteiger partial charge is 0.410 e. The fourth-order valence-electron chi connectivity index (χ4n) is 4.05. The lowest BCUT2D eigenvalue weighted by molar-refractivity contribution is 0.00737. The van der Waals surface area contributed by atoms with Crippen LogP contribution in [0.25, 0.3) is 21.8 Å². The molecule has 7 heteroatoms. The van der Waals surface area contributed by atoms with Crippen molar-refractivity contribution in [2.24, 2.45) is 0 Å². The Labute approximate surface area is 173 Å². The van der Waals surface area contributed by atoms with E-state index in [0.29, 0.717) is 18.0 Å². The first-order valence-electron chi connectivity index (χ1n) is 9.68. The third-order valence-corrected chi connectivity index (χ3v) is 5.47. The van der Waals surface area contributed by atoms with E-state index < -0.39 is 23.9 Å². The van der Waals surface area contributed by atoms with Crippen LogP contribution in [0.5, 0.6) is 5.75 Å². The number of amides is 1. The van der Waals surface area contributed by atoms with Crippen molar-refractivity contribution in [3.05, 3.63) is 41.4 Å². The van der Waals surface area contributed by atoms with Gasteiger partial charge in [-0.1, -0.05) is 11.6 Å². The summed E-state index contributed by atoms with van der Waals surface area (Å²) in [5, 5.41) is 12.2. The van der Waals surface area contributed by atoms with Gasteiger partial charge in [-0.05, 0) is 63.6 Å². The molecule has 1 amide bonds. The lowest BCUT2D eigenvalue weighted by Crippen LogP contribution is -2.47. The van der Waals surface area contributed by atoms with E-state index in [1.807, 2.05) is 16.7 Å². The normalized spacial score (nSPS) is 20.4. The predicted molar refractivity (Wildman–Crippen MR) is 112 cm³/mol. The summed E-state index contributed by atoms with van der Waals surface area (Å²) in [6, 6.07) is 10.1. The van der Waals surface area contributed by atoms with E-state index in [4.69, 9.17) is 16.3 Å². The Bertz CT molecular complexity index is 1030. The zero-order chi connectivity index (χ0) is 20.9. The zero-order valence-corrected chi connectivity index (χ0v) is 17.4. The molecule has 5 nitrogen and oxygen atoms in total. The van der Waals surface area contributed by atoms with Crippen molar-refractivity contribution >= 4 is 39.5 Å². The number of carbonyl (C=O) groups excluding carboxylic acids is 1. The molecule has 0 saturated carbocycles. The maximum atomic E-state index is 15.3. The second-order valence-corrected chi connectivity index (χ2v) is 8.97. The number of hydrogen-bond donors (Lipinski definition) is 1. The highest BCUT2D eigenvalue weighted by Gasteiger charge is 2.35. The van der Waals surface area contributed by atoms with E-state index in [9.17, 15) is 9.90 Å². The first-order chi connectivity index (χ1) is 13.6. The summed E-state index contributed by atoms with van der Waals surface area (Å²) in [5.74, 6) is 0.146. The molecule has 2 unspecified atom stereocenters. The number of carbonyl (C=O) groups is 1. The number of alkyl halides is 1. The van der Waals surface area contributed by atoms with Crippen LogP contribution in [0, 0.1) is 0 Å². The summed E-state index contributed by atoms with van der Waals surface area (Å²) in [7, 11) is 0. The third-order valence-electron chi connectivity index (χ3n) is 5.24. The predicted octanol–water partition coefficient (Wildman–Crippen LogP) is 5.67. The molecule has 1 aliphatic rings. The number of phenols is 1. The number of phenolic OH excluding ortho intramolecular Hbond substituents is 1. The largest absolute Gasteiger partial charge is 0.508 e. The number of ether oxygens (including phenoxy) is 1. The van der Waals surface area contributed by atoms with Crippen LogP contribution in [0.15, 0.2) is 36.4 Å². The van der Waals surface area contributed by atoms with Gasteiger partial charge in [0.1, 0.15) is 17.5 Å². The standard InChI is InChI=1S/C22H24ClFN2O3/c1-22(2,3)29-21(28)25-9-8-20(17(24)12-25)26-18-6-4-13(23)10-15(18)16-11-14(27)5-7-19(16)26/h4-7,10-11,17,20,27H,8-9,12H2,1-3H3. The number of nitrogens with zero attached hydrogens (tertiary/aromatic N) is 2. The molecule has 0 radical (unpaired) electrons. The summed E-state index contributed by atoms with van der Waals surface area (Å²) < 4.78 is 22.7. The van der Waals surface area contributed by atoms with Gasteiger partial charge in [0.2, 0.25) is 0 Å². The van der Waals surface area contributed by atoms with E-state index in [-0.39, 0.29) is 12.3 Å². The van der Waals surface area contributed by atoms with Crippen molar-refractivity contribution in [2.75, 3.05) is 13.1 Å². The van der Waals surface area contributed by atoms with Gasteiger partial charge >= 0.3 is 6.09 Å². The van der Waals surface area contributed by atoms with Gasteiger partial charge in [0.05, 0.1) is 12.6 Å². The molecule has 2 heterocycles. The van der Waals surface area contributed by atoms with E-state index in [1.54, 1.807) is 45.0 Å². The van der Waals surface area contributed by atoms with E-state index in [1.165, 1.54) is 4.90 Å². The van der Waals surface area contributed by atoms with Crippen LogP contribution in [0.3, 0.4) is 0 Å². The molecule has 2 aromatic carbocycles. The van der Waals surface area contributed by atoms with E-state index in [2.05, 4.69) is 0 Å². The van der Waals surface area contributed by atoms with Gasteiger partial charge in [0.25, 0.3) is 0 Å². The fourth-order valence-corrected chi connectivity index (χ4v) is 4.22. The first-order valence-corrected chi connectivity index (χ1v) is 10.1.